The second-order valence-electron chi connectivity index (χ2n) is 5.43. The number of hydrogen-bond acceptors (Lipinski definition) is 5. The quantitative estimate of drug-likeness (QED) is 0.913. The third kappa shape index (κ3) is 2.38. The third-order valence-electron chi connectivity index (χ3n) is 3.63. The summed E-state index contributed by atoms with van der Waals surface area (Å²) in [7, 11) is 0. The lowest BCUT2D eigenvalue weighted by molar-refractivity contribution is 0.281. The minimum absolute atomic E-state index is 0.0409. The van der Waals surface area contributed by atoms with Gasteiger partial charge in [0.1, 0.15) is 12.1 Å². The van der Waals surface area contributed by atoms with E-state index in [1.165, 1.54) is 0 Å². The molecule has 0 saturated heterocycles. The molecule has 0 saturated carbocycles. The molecule has 3 rings (SSSR count). The van der Waals surface area contributed by atoms with Gasteiger partial charge in [-0.1, -0.05) is 13.8 Å². The number of rotatable bonds is 3. The first kappa shape index (κ1) is 13.1. The van der Waals surface area contributed by atoms with E-state index < -0.39 is 0 Å². The number of fused-ring (bicyclic) bond motifs is 1. The zero-order chi connectivity index (χ0) is 14.1. The average molecular weight is 273 g/mol. The zero-order valence-electron chi connectivity index (χ0n) is 11.8. The van der Waals surface area contributed by atoms with Crippen LogP contribution in [0, 0.1) is 0 Å². The van der Waals surface area contributed by atoms with E-state index >= 15 is 0 Å². The first-order valence-electron chi connectivity index (χ1n) is 6.90. The number of aliphatic hydroxyl groups is 1. The van der Waals surface area contributed by atoms with Gasteiger partial charge >= 0.3 is 0 Å². The summed E-state index contributed by atoms with van der Waals surface area (Å²) in [6, 6.07) is 3.93. The smallest absolute Gasteiger partial charge is 0.152 e. The molecular weight excluding hydrogens is 254 g/mol. The average Bonchev–Trinajstić information content (AvgIpc) is 2.94. The number of hydrogen-bond donors (Lipinski definition) is 1. The van der Waals surface area contributed by atoms with Crippen LogP contribution < -0.4 is 4.90 Å². The van der Waals surface area contributed by atoms with Gasteiger partial charge in [-0.05, 0) is 23.6 Å². The highest BCUT2D eigenvalue weighted by atomic mass is 16.3. The van der Waals surface area contributed by atoms with Crippen LogP contribution in [0.15, 0.2) is 18.5 Å². The Morgan fingerprint density at radius 2 is 2.15 bits per heavy atom. The van der Waals surface area contributed by atoms with Gasteiger partial charge in [-0.3, -0.25) is 0 Å². The highest BCUT2D eigenvalue weighted by molar-refractivity contribution is 5.43. The predicted molar refractivity (Wildman–Crippen MR) is 75.3 cm³/mol. The highest BCUT2D eigenvalue weighted by Crippen LogP contribution is 2.23. The summed E-state index contributed by atoms with van der Waals surface area (Å²) in [6.45, 7) is 6.72. The minimum Gasteiger partial charge on any atom is -0.392 e. The molecule has 1 aliphatic rings. The van der Waals surface area contributed by atoms with Crippen LogP contribution in [0.2, 0.25) is 0 Å². The number of aromatic nitrogens is 4. The molecule has 0 aromatic carbocycles. The van der Waals surface area contributed by atoms with E-state index in [1.54, 1.807) is 6.33 Å². The summed E-state index contributed by atoms with van der Waals surface area (Å²) in [5.41, 5.74) is 1.92. The van der Waals surface area contributed by atoms with Crippen molar-refractivity contribution >= 4 is 5.82 Å². The Hall–Kier alpha value is -1.95. The molecule has 0 spiro atoms. The van der Waals surface area contributed by atoms with Crippen molar-refractivity contribution in [1.82, 2.24) is 19.7 Å². The van der Waals surface area contributed by atoms with Crippen LogP contribution in [0.4, 0.5) is 5.82 Å². The Morgan fingerprint density at radius 1 is 1.30 bits per heavy atom. The molecule has 0 unspecified atom stereocenters. The van der Waals surface area contributed by atoms with Gasteiger partial charge in [0.15, 0.2) is 5.82 Å². The Bertz CT molecular complexity index is 607. The number of anilines is 1. The molecule has 106 valence electrons. The van der Waals surface area contributed by atoms with Crippen LogP contribution in [-0.2, 0) is 19.7 Å². The lowest BCUT2D eigenvalue weighted by Gasteiger charge is -2.29. The lowest BCUT2D eigenvalue weighted by Crippen LogP contribution is -2.34. The Kier molecular flexibility index (Phi) is 3.40. The number of nitrogens with zero attached hydrogens (tertiary/aromatic N) is 5. The van der Waals surface area contributed by atoms with Crippen molar-refractivity contribution in [2.75, 3.05) is 11.4 Å². The largest absolute Gasteiger partial charge is 0.392 e. The van der Waals surface area contributed by atoms with E-state index in [0.717, 1.165) is 36.0 Å². The van der Waals surface area contributed by atoms with Crippen LogP contribution in [-0.4, -0.2) is 31.4 Å². The predicted octanol–water partition coefficient (Wildman–Crippen LogP) is 1.31. The Labute approximate surface area is 118 Å². The normalized spacial score (nSPS) is 14.7. The second-order valence-corrected chi connectivity index (χ2v) is 5.43. The topological polar surface area (TPSA) is 67.1 Å². The van der Waals surface area contributed by atoms with Gasteiger partial charge in [0, 0.05) is 18.8 Å². The van der Waals surface area contributed by atoms with E-state index in [-0.39, 0.29) is 6.61 Å². The van der Waals surface area contributed by atoms with Crippen LogP contribution in [0.25, 0.3) is 0 Å². The maximum Gasteiger partial charge on any atom is 0.152 e. The van der Waals surface area contributed by atoms with Crippen molar-refractivity contribution in [1.29, 1.82) is 0 Å². The van der Waals surface area contributed by atoms with Crippen LogP contribution in [0.3, 0.4) is 0 Å². The van der Waals surface area contributed by atoms with Crippen molar-refractivity contribution in [2.24, 2.45) is 0 Å². The van der Waals surface area contributed by atoms with Gasteiger partial charge in [0.25, 0.3) is 0 Å². The van der Waals surface area contributed by atoms with Gasteiger partial charge < -0.3 is 14.6 Å². The van der Waals surface area contributed by atoms with Crippen LogP contribution in [0.1, 0.15) is 36.8 Å². The van der Waals surface area contributed by atoms with Crippen LogP contribution in [0.5, 0.6) is 0 Å². The lowest BCUT2D eigenvalue weighted by atomic mass is 10.1. The van der Waals surface area contributed by atoms with E-state index in [9.17, 15) is 5.11 Å². The Morgan fingerprint density at radius 3 is 2.90 bits per heavy atom. The summed E-state index contributed by atoms with van der Waals surface area (Å²) < 4.78 is 2.07. The van der Waals surface area contributed by atoms with Crippen molar-refractivity contribution in [3.05, 3.63) is 35.5 Å². The van der Waals surface area contributed by atoms with E-state index in [1.807, 2.05) is 12.1 Å². The minimum atomic E-state index is 0.0409. The molecule has 6 nitrogen and oxygen atoms in total. The summed E-state index contributed by atoms with van der Waals surface area (Å²) in [4.78, 5) is 6.91. The third-order valence-corrected chi connectivity index (χ3v) is 3.63. The van der Waals surface area contributed by atoms with Gasteiger partial charge in [-0.2, -0.15) is 0 Å². The van der Waals surface area contributed by atoms with E-state index in [2.05, 4.69) is 33.5 Å². The molecule has 0 aliphatic carbocycles. The SMILES string of the molecule is CC(C)c1cc(CO)cc(N2CCn3cnnc3C2)n1. The molecule has 0 amide bonds. The summed E-state index contributed by atoms with van der Waals surface area (Å²) in [5.74, 6) is 2.21. The number of aliphatic hydroxyl groups excluding tert-OH is 1. The van der Waals surface area contributed by atoms with Crippen molar-refractivity contribution in [3.8, 4) is 0 Å². The fourth-order valence-electron chi connectivity index (χ4n) is 2.41. The van der Waals surface area contributed by atoms with Crippen molar-refractivity contribution in [3.63, 3.8) is 0 Å². The monoisotopic (exact) mass is 273 g/mol. The zero-order valence-corrected chi connectivity index (χ0v) is 11.8. The molecule has 3 heterocycles. The van der Waals surface area contributed by atoms with E-state index in [0.29, 0.717) is 12.5 Å². The molecule has 2 aromatic heterocycles. The van der Waals surface area contributed by atoms with Gasteiger partial charge in [0.05, 0.1) is 13.2 Å². The molecular formula is C14H19N5O. The van der Waals surface area contributed by atoms with Crippen molar-refractivity contribution < 1.29 is 5.11 Å². The van der Waals surface area contributed by atoms with Crippen molar-refractivity contribution in [2.45, 2.75) is 39.5 Å². The van der Waals surface area contributed by atoms with Gasteiger partial charge in [-0.15, -0.1) is 10.2 Å². The fourth-order valence-corrected chi connectivity index (χ4v) is 2.41. The summed E-state index contributed by atoms with van der Waals surface area (Å²) in [5, 5.41) is 17.5. The Balaban J connectivity index is 1.92. The standard InChI is InChI=1S/C14H19N5O/c1-10(2)12-5-11(8-20)6-13(16-12)18-3-4-19-9-15-17-14(19)7-18/h5-6,9-10,20H,3-4,7-8H2,1-2H3. The fraction of sp³-hybridized carbons (Fsp3) is 0.500. The van der Waals surface area contributed by atoms with Gasteiger partial charge in [-0.25, -0.2) is 4.98 Å². The summed E-state index contributed by atoms with van der Waals surface area (Å²) >= 11 is 0. The first-order chi connectivity index (χ1) is 9.67. The summed E-state index contributed by atoms with van der Waals surface area (Å²) in [6.07, 6.45) is 1.77. The molecule has 0 atom stereocenters. The van der Waals surface area contributed by atoms with Gasteiger partial charge in [0.2, 0.25) is 0 Å². The highest BCUT2D eigenvalue weighted by Gasteiger charge is 2.19. The molecule has 2 aromatic rings. The van der Waals surface area contributed by atoms with Crippen LogP contribution >= 0.6 is 0 Å². The molecule has 1 N–H and O–H groups in total. The molecule has 20 heavy (non-hydrogen) atoms. The number of pyridine rings is 1. The molecule has 6 heteroatoms. The second kappa shape index (κ2) is 5.20. The molecule has 0 radical (unpaired) electrons. The maximum absolute atomic E-state index is 9.42. The maximum atomic E-state index is 9.42. The first-order valence-corrected chi connectivity index (χ1v) is 6.90. The molecule has 0 fully saturated rings. The molecule has 0 bridgehead atoms. The molecule has 1 aliphatic heterocycles. The van der Waals surface area contributed by atoms with E-state index in [4.69, 9.17) is 4.98 Å².